The van der Waals surface area contributed by atoms with Crippen molar-refractivity contribution in [2.75, 3.05) is 6.61 Å². The van der Waals surface area contributed by atoms with Gasteiger partial charge in [-0.15, -0.1) is 0 Å². The monoisotopic (exact) mass is 1350 g/mol. The molecule has 99 heavy (non-hydrogen) atoms. The average molecular weight is 1350 g/mol. The van der Waals surface area contributed by atoms with Crippen LogP contribution in [0.4, 0.5) is 0 Å². The lowest BCUT2D eigenvalue weighted by Crippen LogP contribution is -2.10. The van der Waals surface area contributed by atoms with Gasteiger partial charge in [0.15, 0.2) is 0 Å². The Morgan fingerprint density at radius 1 is 0.283 bits per heavy atom. The maximum atomic E-state index is 11.5. The zero-order valence-corrected chi connectivity index (χ0v) is 59.7. The van der Waals surface area contributed by atoms with Crippen LogP contribution in [0.5, 0.6) is 0 Å². The first-order valence-electron chi connectivity index (χ1n) is 34.3. The Morgan fingerprint density at radius 3 is 0.960 bits per heavy atom. The second kappa shape index (κ2) is 57.2. The van der Waals surface area contributed by atoms with Crippen molar-refractivity contribution in [1.82, 2.24) is 0 Å². The van der Waals surface area contributed by atoms with Crippen LogP contribution < -0.4 is 0 Å². The second-order valence-electron chi connectivity index (χ2n) is 22.4. The molecule has 6 aromatic rings. The third-order valence-corrected chi connectivity index (χ3v) is 14.1. The van der Waals surface area contributed by atoms with E-state index in [1.807, 2.05) is 166 Å². The lowest BCUT2D eigenvalue weighted by atomic mass is 10.1. The number of carbonyl (C=O) groups excluding carboxylic acids is 7. The van der Waals surface area contributed by atoms with E-state index < -0.39 is 5.97 Å². The SMILES string of the molecule is C=Cc1ccc(COC(=O)CCC(=O)OCCCC)cc1.C=Cc1ccc(COC(=O)CCC)cc1.C=Cc1ccc(COC(=O)CCCCC)cc1.C=Cc1cccc(COC(=O)CCC)c1.C=Cc1cccc(COC(=O)CCCCC)c1.C=Cc1ccccc1COC(=O)CC. The molecule has 6 aromatic carbocycles. The Hall–Kier alpha value is -9.95. The van der Waals surface area contributed by atoms with Crippen molar-refractivity contribution in [3.05, 3.63) is 252 Å². The van der Waals surface area contributed by atoms with E-state index in [-0.39, 0.29) is 55.3 Å². The first-order chi connectivity index (χ1) is 48.0. The summed E-state index contributed by atoms with van der Waals surface area (Å²) in [7, 11) is 0. The molecule has 0 aromatic heterocycles. The summed E-state index contributed by atoms with van der Waals surface area (Å²) in [6, 6.07) is 46.6. The minimum Gasteiger partial charge on any atom is -0.466 e. The van der Waals surface area contributed by atoms with Gasteiger partial charge < -0.3 is 33.2 Å². The molecule has 0 heterocycles. The summed E-state index contributed by atoms with van der Waals surface area (Å²) in [5.41, 5.74) is 12.2. The van der Waals surface area contributed by atoms with Gasteiger partial charge in [-0.1, -0.05) is 283 Å². The first kappa shape index (κ1) is 87.1. The predicted octanol–water partition coefficient (Wildman–Crippen LogP) is 20.5. The molecule has 0 saturated carbocycles. The summed E-state index contributed by atoms with van der Waals surface area (Å²) in [4.78, 5) is 78.8. The number of rotatable bonds is 37. The van der Waals surface area contributed by atoms with Crippen LogP contribution in [0.2, 0.25) is 0 Å². The quantitative estimate of drug-likeness (QED) is 0.0204. The van der Waals surface area contributed by atoms with E-state index >= 15 is 0 Å². The molecule has 532 valence electrons. The highest BCUT2D eigenvalue weighted by Crippen LogP contribution is 2.15. The molecule has 0 atom stereocenters. The lowest BCUT2D eigenvalue weighted by molar-refractivity contribution is -0.151. The third kappa shape index (κ3) is 44.5. The summed E-state index contributed by atoms with van der Waals surface area (Å²) in [5.74, 6) is -1.41. The lowest BCUT2D eigenvalue weighted by Gasteiger charge is -2.06. The molecule has 14 nitrogen and oxygen atoms in total. The van der Waals surface area contributed by atoms with Crippen molar-refractivity contribution in [3.8, 4) is 0 Å². The maximum absolute atomic E-state index is 11.5. The van der Waals surface area contributed by atoms with Gasteiger partial charge in [0.2, 0.25) is 0 Å². The molecule has 6 rings (SSSR count). The van der Waals surface area contributed by atoms with Gasteiger partial charge in [0.25, 0.3) is 0 Å². The number of benzene rings is 6. The largest absolute Gasteiger partial charge is 0.466 e. The van der Waals surface area contributed by atoms with Crippen LogP contribution in [0.3, 0.4) is 0 Å². The molecule has 0 aliphatic heterocycles. The smallest absolute Gasteiger partial charge is 0.306 e. The molecule has 0 unspecified atom stereocenters. The van der Waals surface area contributed by atoms with Crippen molar-refractivity contribution >= 4 is 78.2 Å². The van der Waals surface area contributed by atoms with Crippen molar-refractivity contribution in [3.63, 3.8) is 0 Å². The molecule has 0 bridgehead atoms. The molecule has 0 saturated heterocycles. The molecule has 14 heteroatoms. The van der Waals surface area contributed by atoms with Crippen molar-refractivity contribution in [1.29, 1.82) is 0 Å². The van der Waals surface area contributed by atoms with Gasteiger partial charge >= 0.3 is 41.8 Å². The van der Waals surface area contributed by atoms with Crippen LogP contribution in [0.25, 0.3) is 36.5 Å². The number of ether oxygens (including phenoxy) is 7. The average Bonchev–Trinajstić information content (AvgIpc) is 2.63. The highest BCUT2D eigenvalue weighted by atomic mass is 16.6. The van der Waals surface area contributed by atoms with Gasteiger partial charge in [-0.05, 0) is 111 Å². The van der Waals surface area contributed by atoms with Crippen LogP contribution >= 0.6 is 0 Å². The predicted molar refractivity (Wildman–Crippen MR) is 401 cm³/mol. The van der Waals surface area contributed by atoms with Crippen molar-refractivity contribution < 1.29 is 66.7 Å². The Balaban J connectivity index is 0.000000597. The Bertz CT molecular complexity index is 3320. The Morgan fingerprint density at radius 2 is 0.616 bits per heavy atom. The summed E-state index contributed by atoms with van der Waals surface area (Å²) in [6.07, 6.45) is 22.9. The van der Waals surface area contributed by atoms with E-state index in [1.165, 1.54) is 0 Å². The fraction of sp³-hybridized carbons (Fsp3) is 0.353. The van der Waals surface area contributed by atoms with Crippen LogP contribution in [0.15, 0.2) is 185 Å². The number of carbonyl (C=O) groups is 7. The molecule has 0 aliphatic carbocycles. The van der Waals surface area contributed by atoms with E-state index in [2.05, 4.69) is 53.3 Å². The van der Waals surface area contributed by atoms with Gasteiger partial charge in [-0.2, -0.15) is 0 Å². The number of unbranched alkanes of at least 4 members (excludes halogenated alkanes) is 5. The third-order valence-electron chi connectivity index (χ3n) is 14.1. The molecule has 0 radical (unpaired) electrons. The fourth-order valence-electron chi connectivity index (χ4n) is 8.23. The second-order valence-corrected chi connectivity index (χ2v) is 22.4. The van der Waals surface area contributed by atoms with Crippen LogP contribution in [0.1, 0.15) is 217 Å². The van der Waals surface area contributed by atoms with Gasteiger partial charge in [0.1, 0.15) is 39.6 Å². The van der Waals surface area contributed by atoms with E-state index in [0.29, 0.717) is 71.7 Å². The Kier molecular flexibility index (Phi) is 50.3. The topological polar surface area (TPSA) is 184 Å². The first-order valence-corrected chi connectivity index (χ1v) is 34.3. The normalized spacial score (nSPS) is 9.80. The van der Waals surface area contributed by atoms with Crippen molar-refractivity contribution in [2.45, 2.75) is 190 Å². The van der Waals surface area contributed by atoms with Gasteiger partial charge in [-0.25, -0.2) is 0 Å². The van der Waals surface area contributed by atoms with E-state index in [9.17, 15) is 33.6 Å². The Labute approximate surface area is 590 Å². The van der Waals surface area contributed by atoms with Gasteiger partial charge in [0.05, 0.1) is 19.4 Å². The van der Waals surface area contributed by atoms with Gasteiger partial charge in [-0.3, -0.25) is 33.6 Å². The minimum atomic E-state index is -0.393. The van der Waals surface area contributed by atoms with Crippen LogP contribution in [-0.4, -0.2) is 48.4 Å². The van der Waals surface area contributed by atoms with Crippen molar-refractivity contribution in [2.24, 2.45) is 0 Å². The zero-order chi connectivity index (χ0) is 73.1. The minimum absolute atomic E-state index is 0.0513. The highest BCUT2D eigenvalue weighted by molar-refractivity contribution is 5.77. The maximum Gasteiger partial charge on any atom is 0.306 e. The molecule has 0 aliphatic rings. The number of hydrogen-bond donors (Lipinski definition) is 0. The fourth-order valence-corrected chi connectivity index (χ4v) is 8.23. The molecule has 0 amide bonds. The molecular weight excluding hydrogens is 1240 g/mol. The molecule has 0 spiro atoms. The number of hydrogen-bond acceptors (Lipinski definition) is 14. The summed E-state index contributed by atoms with van der Waals surface area (Å²) in [6.45, 7) is 36.5. The number of esters is 7. The van der Waals surface area contributed by atoms with Crippen LogP contribution in [-0.2, 0) is 106 Å². The zero-order valence-electron chi connectivity index (χ0n) is 59.7. The molecule has 0 N–H and O–H groups in total. The summed E-state index contributed by atoms with van der Waals surface area (Å²) < 4.78 is 35.7. The molecular formula is C85H108O14. The molecule has 0 fully saturated rings. The summed E-state index contributed by atoms with van der Waals surface area (Å²) in [5, 5.41) is 0. The highest BCUT2D eigenvalue weighted by Gasteiger charge is 2.11. The summed E-state index contributed by atoms with van der Waals surface area (Å²) >= 11 is 0. The van der Waals surface area contributed by atoms with Gasteiger partial charge in [0, 0.05) is 32.1 Å². The van der Waals surface area contributed by atoms with E-state index in [4.69, 9.17) is 33.2 Å². The van der Waals surface area contributed by atoms with E-state index in [0.717, 1.165) is 131 Å². The standard InChI is InChI=1S/C17H22O4.2C15H20O2.2C13H16O2.C12H14O2/c1-3-5-12-20-16(18)10-11-17(19)21-13-15-8-6-14(4-2)7-9-15;1-3-5-6-10-15(16)17-12-14-9-7-8-13(4-2)11-14;1-3-5-6-7-15(16)17-12-14-10-8-13(4-2)9-11-14;1-3-6-13(14)15-10-12-8-5-7-11(4-2)9-12;1-3-5-13(14)15-10-12-8-6-11(4-2)7-9-12;1-3-10-7-5-6-8-11(10)9-14-12(13)4-2/h4,6-9H,2-3,5,10-13H2,1H3;4,7-9,11H,2-3,5-6,10,12H2,1H3;4,8-11H,2-3,5-7,12H2,1H3;4-5,7-9H,2-3,6,10H2,1H3;4,6-9H,2-3,5,10H2,1H3;3,5-8H,1,4,9H2,2H3. The van der Waals surface area contributed by atoms with Crippen LogP contribution in [0, 0.1) is 0 Å². The van der Waals surface area contributed by atoms with E-state index in [1.54, 1.807) is 43.4 Å².